The van der Waals surface area contributed by atoms with Crippen LogP contribution in [0.25, 0.3) is 0 Å². The highest BCUT2D eigenvalue weighted by Gasteiger charge is 2.10. The normalized spacial score (nSPS) is 10.4. The van der Waals surface area contributed by atoms with Gasteiger partial charge in [0.25, 0.3) is 5.91 Å². The predicted octanol–water partition coefficient (Wildman–Crippen LogP) is 3.71. The van der Waals surface area contributed by atoms with Crippen molar-refractivity contribution in [3.05, 3.63) is 69.4 Å². The molecule has 0 aliphatic carbocycles. The maximum absolute atomic E-state index is 12.0. The molecule has 0 saturated heterocycles. The molecule has 3 rings (SSSR count). The average molecular weight is 371 g/mol. The average Bonchev–Trinajstić information content (AvgIpc) is 3.31. The van der Waals surface area contributed by atoms with E-state index in [0.717, 1.165) is 11.3 Å². The Bertz CT molecular complexity index is 829. The Labute approximate surface area is 153 Å². The number of aromatic nitrogens is 1. The van der Waals surface area contributed by atoms with E-state index in [0.29, 0.717) is 29.4 Å². The second-order valence-corrected chi connectivity index (χ2v) is 7.14. The van der Waals surface area contributed by atoms with Gasteiger partial charge in [-0.15, -0.1) is 22.7 Å². The monoisotopic (exact) mass is 371 g/mol. The number of carbonyl (C=O) groups excluding carboxylic acids is 2. The van der Waals surface area contributed by atoms with Crippen molar-refractivity contribution in [2.45, 2.75) is 19.4 Å². The molecule has 5 nitrogen and oxygen atoms in total. The fourth-order valence-electron chi connectivity index (χ4n) is 2.17. The van der Waals surface area contributed by atoms with E-state index in [1.54, 1.807) is 6.07 Å². The molecule has 2 heterocycles. The number of nitrogens with zero attached hydrogens (tertiary/aromatic N) is 1. The Hall–Kier alpha value is -2.51. The topological polar surface area (TPSA) is 71.1 Å². The summed E-state index contributed by atoms with van der Waals surface area (Å²) >= 11 is 2.75. The van der Waals surface area contributed by atoms with Gasteiger partial charge in [0.05, 0.1) is 10.6 Å². The molecule has 0 atom stereocenters. The summed E-state index contributed by atoms with van der Waals surface area (Å²) in [5, 5.41) is 9.95. The molecule has 3 aromatic rings. The first-order chi connectivity index (χ1) is 12.2. The second-order valence-electron chi connectivity index (χ2n) is 5.34. The van der Waals surface area contributed by atoms with Crippen molar-refractivity contribution in [1.29, 1.82) is 0 Å². The van der Waals surface area contributed by atoms with Crippen LogP contribution in [0.5, 0.6) is 0 Å². The molecule has 128 valence electrons. The summed E-state index contributed by atoms with van der Waals surface area (Å²) in [4.78, 5) is 28.9. The first-order valence-corrected chi connectivity index (χ1v) is 9.56. The molecule has 0 unspecified atom stereocenters. The highest BCUT2D eigenvalue weighted by atomic mass is 32.1. The van der Waals surface area contributed by atoms with Gasteiger partial charge < -0.3 is 5.32 Å². The molecule has 2 amide bonds. The van der Waals surface area contributed by atoms with Gasteiger partial charge in [0.15, 0.2) is 5.13 Å². The molecule has 0 fully saturated rings. The van der Waals surface area contributed by atoms with Crippen LogP contribution in [0.4, 0.5) is 5.13 Å². The van der Waals surface area contributed by atoms with Crippen LogP contribution in [0.1, 0.15) is 27.3 Å². The zero-order chi connectivity index (χ0) is 17.5. The van der Waals surface area contributed by atoms with Crippen LogP contribution in [-0.4, -0.2) is 16.8 Å². The molecule has 0 aliphatic rings. The number of nitrogens with one attached hydrogen (secondary N) is 2. The SMILES string of the molecule is O=C(CCc1csc(NC(=O)c2cccs2)n1)NCc1ccccc1. The quantitative estimate of drug-likeness (QED) is 0.665. The number of anilines is 1. The van der Waals surface area contributed by atoms with Gasteiger partial charge in [-0.05, 0) is 23.4 Å². The minimum absolute atomic E-state index is 0.0129. The summed E-state index contributed by atoms with van der Waals surface area (Å²) in [6.45, 7) is 0.527. The van der Waals surface area contributed by atoms with Crippen LogP contribution >= 0.6 is 22.7 Å². The molecule has 0 spiro atoms. The van der Waals surface area contributed by atoms with Crippen molar-refractivity contribution in [3.63, 3.8) is 0 Å². The van der Waals surface area contributed by atoms with Gasteiger partial charge in [-0.2, -0.15) is 0 Å². The number of aryl methyl sites for hydroxylation is 1. The van der Waals surface area contributed by atoms with Crippen molar-refractivity contribution in [1.82, 2.24) is 10.3 Å². The Balaban J connectivity index is 1.43. The number of hydrogen-bond donors (Lipinski definition) is 2. The van der Waals surface area contributed by atoms with Crippen LogP contribution < -0.4 is 10.6 Å². The summed E-state index contributed by atoms with van der Waals surface area (Å²) in [6, 6.07) is 13.4. The highest BCUT2D eigenvalue weighted by Crippen LogP contribution is 2.18. The molecular weight excluding hydrogens is 354 g/mol. The van der Waals surface area contributed by atoms with Gasteiger partial charge in [-0.1, -0.05) is 36.4 Å². The van der Waals surface area contributed by atoms with Gasteiger partial charge in [0, 0.05) is 18.3 Å². The number of thiazole rings is 1. The van der Waals surface area contributed by atoms with Crippen molar-refractivity contribution < 1.29 is 9.59 Å². The third-order valence-electron chi connectivity index (χ3n) is 3.46. The van der Waals surface area contributed by atoms with Crippen LogP contribution in [0.2, 0.25) is 0 Å². The Morgan fingerprint density at radius 3 is 2.64 bits per heavy atom. The summed E-state index contributed by atoms with van der Waals surface area (Å²) in [6.07, 6.45) is 0.918. The largest absolute Gasteiger partial charge is 0.352 e. The zero-order valence-corrected chi connectivity index (χ0v) is 15.0. The van der Waals surface area contributed by atoms with Gasteiger partial charge in [-0.25, -0.2) is 4.98 Å². The van der Waals surface area contributed by atoms with E-state index in [9.17, 15) is 9.59 Å². The van der Waals surface area contributed by atoms with E-state index in [-0.39, 0.29) is 11.8 Å². The minimum Gasteiger partial charge on any atom is -0.352 e. The number of thiophene rings is 1. The number of hydrogen-bond acceptors (Lipinski definition) is 5. The van der Waals surface area contributed by atoms with Crippen molar-refractivity contribution in [2.24, 2.45) is 0 Å². The minimum atomic E-state index is -0.156. The Kier molecular flexibility index (Phi) is 5.92. The van der Waals surface area contributed by atoms with Gasteiger partial charge in [0.2, 0.25) is 5.91 Å². The van der Waals surface area contributed by atoms with E-state index in [1.807, 2.05) is 47.2 Å². The number of amides is 2. The summed E-state index contributed by atoms with van der Waals surface area (Å²) in [5.41, 5.74) is 1.88. The Morgan fingerprint density at radius 2 is 1.88 bits per heavy atom. The molecule has 25 heavy (non-hydrogen) atoms. The maximum Gasteiger partial charge on any atom is 0.267 e. The molecule has 0 radical (unpaired) electrons. The van der Waals surface area contributed by atoms with E-state index in [1.165, 1.54) is 22.7 Å². The van der Waals surface area contributed by atoms with E-state index < -0.39 is 0 Å². The lowest BCUT2D eigenvalue weighted by Crippen LogP contribution is -2.23. The van der Waals surface area contributed by atoms with Crippen molar-refractivity contribution in [3.8, 4) is 0 Å². The van der Waals surface area contributed by atoms with Crippen LogP contribution in [0.15, 0.2) is 53.2 Å². The van der Waals surface area contributed by atoms with Crippen LogP contribution in [0.3, 0.4) is 0 Å². The number of rotatable bonds is 7. The fourth-order valence-corrected chi connectivity index (χ4v) is 3.53. The van der Waals surface area contributed by atoms with Gasteiger partial charge in [0.1, 0.15) is 0 Å². The van der Waals surface area contributed by atoms with Crippen LogP contribution in [0, 0.1) is 0 Å². The molecule has 2 N–H and O–H groups in total. The third kappa shape index (κ3) is 5.23. The molecule has 7 heteroatoms. The summed E-state index contributed by atoms with van der Waals surface area (Å²) in [5.74, 6) is -0.169. The van der Waals surface area contributed by atoms with Crippen molar-refractivity contribution in [2.75, 3.05) is 5.32 Å². The zero-order valence-electron chi connectivity index (χ0n) is 13.4. The lowest BCUT2D eigenvalue weighted by atomic mass is 10.2. The van der Waals surface area contributed by atoms with Gasteiger partial charge in [-0.3, -0.25) is 14.9 Å². The van der Waals surface area contributed by atoms with E-state index in [4.69, 9.17) is 0 Å². The standard InChI is InChI=1S/C18H17N3O2S2/c22-16(19-11-13-5-2-1-3-6-13)9-8-14-12-25-18(20-14)21-17(23)15-7-4-10-24-15/h1-7,10,12H,8-9,11H2,(H,19,22)(H,20,21,23). The molecule has 0 bridgehead atoms. The second kappa shape index (κ2) is 8.55. The number of benzene rings is 1. The Morgan fingerprint density at radius 1 is 1.04 bits per heavy atom. The van der Waals surface area contributed by atoms with Crippen LogP contribution in [-0.2, 0) is 17.8 Å². The first-order valence-electron chi connectivity index (χ1n) is 7.80. The van der Waals surface area contributed by atoms with Crippen molar-refractivity contribution >= 4 is 39.6 Å². The molecule has 1 aromatic carbocycles. The van der Waals surface area contributed by atoms with E-state index >= 15 is 0 Å². The molecule has 0 saturated carbocycles. The first kappa shape index (κ1) is 17.3. The smallest absolute Gasteiger partial charge is 0.267 e. The lowest BCUT2D eigenvalue weighted by Gasteiger charge is -2.04. The summed E-state index contributed by atoms with van der Waals surface area (Å²) in [7, 11) is 0. The van der Waals surface area contributed by atoms with E-state index in [2.05, 4.69) is 15.6 Å². The predicted molar refractivity (Wildman–Crippen MR) is 101 cm³/mol. The molecule has 2 aromatic heterocycles. The molecule has 0 aliphatic heterocycles. The fraction of sp³-hybridized carbons (Fsp3) is 0.167. The highest BCUT2D eigenvalue weighted by molar-refractivity contribution is 7.14. The van der Waals surface area contributed by atoms with Gasteiger partial charge >= 0.3 is 0 Å². The third-order valence-corrected chi connectivity index (χ3v) is 5.13. The molecular formula is C18H17N3O2S2. The maximum atomic E-state index is 12.0. The lowest BCUT2D eigenvalue weighted by molar-refractivity contribution is -0.121. The number of carbonyl (C=O) groups is 2. The summed E-state index contributed by atoms with van der Waals surface area (Å²) < 4.78 is 0.